The number of carbonyl (C=O) groups excluding carboxylic acids is 2. The number of amides is 2. The minimum atomic E-state index is -0.673. The van der Waals surface area contributed by atoms with Crippen molar-refractivity contribution in [2.45, 2.75) is 29.7 Å². The SMILES string of the molecule is COc1cc(C2c3sc(=O)[nH]c3SC3C(=O)N(c4ccc(Br)cc4)C(=O)C32)ccc1OCc1ccccc1C. The van der Waals surface area contributed by atoms with Gasteiger partial charge < -0.3 is 14.5 Å². The third-order valence-electron chi connectivity index (χ3n) is 7.10. The molecule has 10 heteroatoms. The number of aromatic amines is 1. The van der Waals surface area contributed by atoms with Crippen molar-refractivity contribution < 1.29 is 19.1 Å². The van der Waals surface area contributed by atoms with Gasteiger partial charge in [-0.05, 0) is 60.0 Å². The summed E-state index contributed by atoms with van der Waals surface area (Å²) in [4.78, 5) is 44.5. The van der Waals surface area contributed by atoms with Crippen LogP contribution in [0.5, 0.6) is 11.5 Å². The van der Waals surface area contributed by atoms with Gasteiger partial charge in [0.2, 0.25) is 11.8 Å². The summed E-state index contributed by atoms with van der Waals surface area (Å²) in [5.74, 6) is -0.652. The molecule has 2 aliphatic rings. The molecular formula is C29H23BrN2O5S2. The largest absolute Gasteiger partial charge is 0.493 e. The number of thiazole rings is 1. The van der Waals surface area contributed by atoms with Gasteiger partial charge >= 0.3 is 4.87 Å². The maximum atomic E-state index is 13.9. The van der Waals surface area contributed by atoms with E-state index in [1.165, 1.54) is 16.7 Å². The lowest BCUT2D eigenvalue weighted by Gasteiger charge is -2.30. The lowest BCUT2D eigenvalue weighted by atomic mass is 9.83. The van der Waals surface area contributed by atoms with Crippen LogP contribution in [0.3, 0.4) is 0 Å². The number of aryl methyl sites for hydroxylation is 1. The number of ether oxygens (including phenoxy) is 2. The maximum absolute atomic E-state index is 13.9. The Bertz CT molecular complexity index is 1650. The Balaban J connectivity index is 1.38. The summed E-state index contributed by atoms with van der Waals surface area (Å²) in [5, 5.41) is -0.0271. The molecule has 1 saturated heterocycles. The third kappa shape index (κ3) is 4.60. The van der Waals surface area contributed by atoms with Crippen molar-refractivity contribution >= 4 is 56.5 Å². The molecule has 3 unspecified atom stereocenters. The molecule has 0 bridgehead atoms. The van der Waals surface area contributed by atoms with Crippen molar-refractivity contribution in [1.82, 2.24) is 4.98 Å². The molecule has 39 heavy (non-hydrogen) atoms. The molecule has 0 radical (unpaired) electrons. The first-order chi connectivity index (χ1) is 18.9. The van der Waals surface area contributed by atoms with Crippen molar-refractivity contribution in [2.75, 3.05) is 12.0 Å². The fourth-order valence-corrected chi connectivity index (χ4v) is 7.92. The maximum Gasteiger partial charge on any atom is 0.305 e. The summed E-state index contributed by atoms with van der Waals surface area (Å²) in [6.45, 7) is 2.42. The molecule has 0 aliphatic carbocycles. The second-order valence-corrected chi connectivity index (χ2v) is 12.4. The smallest absolute Gasteiger partial charge is 0.305 e. The molecule has 3 atom stereocenters. The zero-order valence-electron chi connectivity index (χ0n) is 21.0. The van der Waals surface area contributed by atoms with Crippen LogP contribution < -0.4 is 19.2 Å². The molecule has 0 spiro atoms. The standard InChI is InChI=1S/C29H23BrN2O5S2/c1-15-5-3-4-6-17(15)14-37-20-12-7-16(13-21(20)36-2)22-23-25(38-26-24(22)39-29(35)31-26)28(34)32(27(23)33)19-10-8-18(30)9-11-19/h3-13,22-23,25H,14H2,1-2H3,(H,31,35). The van der Waals surface area contributed by atoms with Crippen molar-refractivity contribution in [2.24, 2.45) is 5.92 Å². The average Bonchev–Trinajstić information content (AvgIpc) is 3.43. The van der Waals surface area contributed by atoms with Crippen LogP contribution in [0.25, 0.3) is 0 Å². The molecule has 198 valence electrons. The van der Waals surface area contributed by atoms with Gasteiger partial charge in [0.15, 0.2) is 11.5 Å². The normalized spacial score (nSPS) is 20.1. The van der Waals surface area contributed by atoms with Gasteiger partial charge in [-0.2, -0.15) is 0 Å². The fraction of sp³-hybridized carbons (Fsp3) is 0.207. The number of anilines is 1. The fourth-order valence-electron chi connectivity index (χ4n) is 5.15. The molecule has 0 saturated carbocycles. The van der Waals surface area contributed by atoms with Gasteiger partial charge in [0, 0.05) is 15.3 Å². The average molecular weight is 624 g/mol. The second kappa shape index (κ2) is 10.3. The quantitative estimate of drug-likeness (QED) is 0.270. The van der Waals surface area contributed by atoms with Crippen LogP contribution in [-0.4, -0.2) is 29.2 Å². The van der Waals surface area contributed by atoms with Gasteiger partial charge in [0.25, 0.3) is 0 Å². The Hall–Kier alpha value is -3.34. The van der Waals surface area contributed by atoms with E-state index in [4.69, 9.17) is 9.47 Å². The highest BCUT2D eigenvalue weighted by molar-refractivity contribution is 9.10. The first-order valence-electron chi connectivity index (χ1n) is 12.2. The molecule has 1 fully saturated rings. The summed E-state index contributed by atoms with van der Waals surface area (Å²) in [6.07, 6.45) is 0. The molecule has 3 heterocycles. The molecule has 6 rings (SSSR count). The molecule has 1 N–H and O–H groups in total. The van der Waals surface area contributed by atoms with Crippen LogP contribution in [0, 0.1) is 12.8 Å². The van der Waals surface area contributed by atoms with E-state index in [0.29, 0.717) is 28.8 Å². The number of nitrogens with zero attached hydrogens (tertiary/aromatic N) is 1. The molecular weight excluding hydrogens is 600 g/mol. The van der Waals surface area contributed by atoms with Gasteiger partial charge in [0.05, 0.1) is 23.7 Å². The number of hydrogen-bond acceptors (Lipinski definition) is 7. The summed E-state index contributed by atoms with van der Waals surface area (Å²) in [5.41, 5.74) is 3.51. The number of carbonyl (C=O) groups is 2. The lowest BCUT2D eigenvalue weighted by molar-refractivity contribution is -0.122. The summed E-state index contributed by atoms with van der Waals surface area (Å²) in [6, 6.07) is 20.7. The highest BCUT2D eigenvalue weighted by Crippen LogP contribution is 2.53. The predicted octanol–water partition coefficient (Wildman–Crippen LogP) is 5.89. The van der Waals surface area contributed by atoms with E-state index in [1.807, 2.05) is 49.4 Å². The monoisotopic (exact) mass is 622 g/mol. The van der Waals surface area contributed by atoms with E-state index in [9.17, 15) is 14.4 Å². The van der Waals surface area contributed by atoms with Crippen LogP contribution in [-0.2, 0) is 16.2 Å². The van der Waals surface area contributed by atoms with Gasteiger partial charge in [-0.25, -0.2) is 4.90 Å². The first kappa shape index (κ1) is 25.9. The number of thioether (sulfide) groups is 1. The summed E-state index contributed by atoms with van der Waals surface area (Å²) in [7, 11) is 1.57. The minimum absolute atomic E-state index is 0.215. The third-order valence-corrected chi connectivity index (χ3v) is 10.0. The molecule has 4 aromatic rings. The number of rotatable bonds is 6. The molecule has 2 aliphatic heterocycles. The van der Waals surface area contributed by atoms with Gasteiger partial charge in [0.1, 0.15) is 11.9 Å². The van der Waals surface area contributed by atoms with E-state index >= 15 is 0 Å². The summed E-state index contributed by atoms with van der Waals surface area (Å²) < 4.78 is 12.6. The Kier molecular flexibility index (Phi) is 6.86. The zero-order chi connectivity index (χ0) is 27.3. The molecule has 3 aromatic carbocycles. The van der Waals surface area contributed by atoms with Crippen molar-refractivity contribution in [1.29, 1.82) is 0 Å². The first-order valence-corrected chi connectivity index (χ1v) is 14.7. The predicted molar refractivity (Wildman–Crippen MR) is 155 cm³/mol. The van der Waals surface area contributed by atoms with Gasteiger partial charge in [-0.15, -0.1) is 0 Å². The number of benzene rings is 3. The number of aromatic nitrogens is 1. The number of halogens is 1. The highest BCUT2D eigenvalue weighted by Gasteiger charge is 2.56. The van der Waals surface area contributed by atoms with Crippen molar-refractivity contribution in [3.05, 3.63) is 102 Å². The van der Waals surface area contributed by atoms with Crippen LogP contribution in [0.4, 0.5) is 5.69 Å². The second-order valence-electron chi connectivity index (χ2n) is 9.36. The Labute approximate surface area is 241 Å². The lowest BCUT2D eigenvalue weighted by Crippen LogP contribution is -2.32. The van der Waals surface area contributed by atoms with Gasteiger partial charge in [-0.1, -0.05) is 69.4 Å². The molecule has 7 nitrogen and oxygen atoms in total. The van der Waals surface area contributed by atoms with E-state index < -0.39 is 17.1 Å². The summed E-state index contributed by atoms with van der Waals surface area (Å²) >= 11 is 5.74. The molecule has 1 aromatic heterocycles. The number of hydrogen-bond donors (Lipinski definition) is 1. The molecule has 2 amide bonds. The number of imide groups is 1. The Morgan fingerprint density at radius 2 is 1.74 bits per heavy atom. The number of methoxy groups -OCH3 is 1. The van der Waals surface area contributed by atoms with Crippen LogP contribution in [0.2, 0.25) is 0 Å². The van der Waals surface area contributed by atoms with E-state index in [-0.39, 0.29) is 16.7 Å². The van der Waals surface area contributed by atoms with E-state index in [2.05, 4.69) is 20.9 Å². The highest BCUT2D eigenvalue weighted by atomic mass is 79.9. The van der Waals surface area contributed by atoms with E-state index in [0.717, 1.165) is 37.4 Å². The number of fused-ring (bicyclic) bond motifs is 2. The zero-order valence-corrected chi connectivity index (χ0v) is 24.2. The van der Waals surface area contributed by atoms with Crippen LogP contribution in [0.1, 0.15) is 27.5 Å². The van der Waals surface area contributed by atoms with Gasteiger partial charge in [-0.3, -0.25) is 14.4 Å². The van der Waals surface area contributed by atoms with Crippen molar-refractivity contribution in [3.8, 4) is 11.5 Å². The van der Waals surface area contributed by atoms with E-state index in [1.54, 1.807) is 31.4 Å². The topological polar surface area (TPSA) is 88.7 Å². The number of nitrogens with one attached hydrogen (secondary N) is 1. The van der Waals surface area contributed by atoms with Crippen LogP contribution in [0.15, 0.2) is 81.0 Å². The minimum Gasteiger partial charge on any atom is -0.493 e. The van der Waals surface area contributed by atoms with Crippen LogP contribution >= 0.6 is 39.0 Å². The van der Waals surface area contributed by atoms with Crippen molar-refractivity contribution in [3.63, 3.8) is 0 Å². The number of H-pyrrole nitrogens is 1. The Morgan fingerprint density at radius 1 is 0.974 bits per heavy atom. The Morgan fingerprint density at radius 3 is 2.49 bits per heavy atom.